The van der Waals surface area contributed by atoms with E-state index in [2.05, 4.69) is 10.3 Å². The number of nitrogens with two attached hydrogens (primary N) is 1. The highest BCUT2D eigenvalue weighted by Gasteiger charge is 2.08. The summed E-state index contributed by atoms with van der Waals surface area (Å²) in [5, 5.41) is 3.87. The Morgan fingerprint density at radius 3 is 2.75 bits per heavy atom. The molecule has 0 fully saturated rings. The Kier molecular flexibility index (Phi) is 4.20. The summed E-state index contributed by atoms with van der Waals surface area (Å²) in [5.74, 6) is 0.611. The second kappa shape index (κ2) is 5.72. The SMILES string of the molecule is CS(=O)(=O)CCNc1cc(C(N)=S)c2ccccc2n1. The largest absolute Gasteiger partial charge is 0.389 e. The molecule has 1 aromatic heterocycles. The first-order valence-corrected chi connectivity index (χ1v) is 8.45. The van der Waals surface area contributed by atoms with Gasteiger partial charge in [0, 0.05) is 23.8 Å². The quantitative estimate of drug-likeness (QED) is 0.810. The van der Waals surface area contributed by atoms with Crippen molar-refractivity contribution in [3.8, 4) is 0 Å². The van der Waals surface area contributed by atoms with Crippen LogP contribution in [-0.4, -0.2) is 36.9 Å². The molecule has 1 heterocycles. The second-order valence-corrected chi connectivity index (χ2v) is 7.19. The molecular formula is C13H15N3O2S2. The molecule has 0 spiro atoms. The number of anilines is 1. The molecule has 0 radical (unpaired) electrons. The highest BCUT2D eigenvalue weighted by Crippen LogP contribution is 2.20. The molecule has 0 bridgehead atoms. The molecule has 7 heteroatoms. The second-order valence-electron chi connectivity index (χ2n) is 4.49. The Morgan fingerprint density at radius 2 is 2.10 bits per heavy atom. The van der Waals surface area contributed by atoms with Crippen LogP contribution in [0.3, 0.4) is 0 Å². The van der Waals surface area contributed by atoms with Crippen LogP contribution in [0.5, 0.6) is 0 Å². The summed E-state index contributed by atoms with van der Waals surface area (Å²) in [6.07, 6.45) is 1.20. The van der Waals surface area contributed by atoms with Crippen molar-refractivity contribution in [1.82, 2.24) is 4.98 Å². The smallest absolute Gasteiger partial charge is 0.149 e. The number of hydrogen-bond acceptors (Lipinski definition) is 5. The van der Waals surface area contributed by atoms with Gasteiger partial charge < -0.3 is 11.1 Å². The van der Waals surface area contributed by atoms with Crippen molar-refractivity contribution in [2.24, 2.45) is 5.73 Å². The first-order valence-electron chi connectivity index (χ1n) is 5.98. The maximum absolute atomic E-state index is 11.1. The molecule has 0 aliphatic rings. The predicted octanol–water partition coefficient (Wildman–Crippen LogP) is 1.33. The number of thiocarbonyl (C=S) groups is 1. The lowest BCUT2D eigenvalue weighted by atomic mass is 10.1. The van der Waals surface area contributed by atoms with Crippen molar-refractivity contribution in [3.05, 3.63) is 35.9 Å². The van der Waals surface area contributed by atoms with E-state index in [1.807, 2.05) is 24.3 Å². The summed E-state index contributed by atoms with van der Waals surface area (Å²) in [6.45, 7) is 0.293. The molecule has 2 aromatic rings. The average Bonchev–Trinajstić information content (AvgIpc) is 2.36. The van der Waals surface area contributed by atoms with Crippen LogP contribution in [0, 0.1) is 0 Å². The number of nitrogens with zero attached hydrogens (tertiary/aromatic N) is 1. The first-order chi connectivity index (χ1) is 9.37. The molecule has 0 atom stereocenters. The summed E-state index contributed by atoms with van der Waals surface area (Å²) in [7, 11) is -3.00. The minimum atomic E-state index is -3.00. The summed E-state index contributed by atoms with van der Waals surface area (Å²) < 4.78 is 22.2. The van der Waals surface area contributed by atoms with Crippen LogP contribution in [0.15, 0.2) is 30.3 Å². The molecule has 0 amide bonds. The van der Waals surface area contributed by atoms with Crippen LogP contribution in [-0.2, 0) is 9.84 Å². The molecule has 0 unspecified atom stereocenters. The zero-order valence-corrected chi connectivity index (χ0v) is 12.6. The Hall–Kier alpha value is -1.73. The molecule has 1 aromatic carbocycles. The molecule has 0 aliphatic heterocycles. The molecule has 0 saturated carbocycles. The predicted molar refractivity (Wildman–Crippen MR) is 85.8 cm³/mol. The van der Waals surface area contributed by atoms with E-state index in [1.54, 1.807) is 6.07 Å². The number of sulfone groups is 1. The topological polar surface area (TPSA) is 85.1 Å². The van der Waals surface area contributed by atoms with Crippen LogP contribution < -0.4 is 11.1 Å². The average molecular weight is 309 g/mol. The number of rotatable bonds is 5. The van der Waals surface area contributed by atoms with E-state index in [0.717, 1.165) is 16.5 Å². The van der Waals surface area contributed by atoms with E-state index in [4.69, 9.17) is 18.0 Å². The standard InChI is InChI=1S/C13H15N3O2S2/c1-20(17,18)7-6-15-12-8-10(13(14)19)9-4-2-3-5-11(9)16-12/h2-5,8H,6-7H2,1H3,(H2,14,19)(H,15,16). The number of aromatic nitrogens is 1. The summed E-state index contributed by atoms with van der Waals surface area (Å²) >= 11 is 5.05. The molecular weight excluding hydrogens is 294 g/mol. The van der Waals surface area contributed by atoms with Crippen LogP contribution in [0.1, 0.15) is 5.56 Å². The van der Waals surface area contributed by atoms with Crippen molar-refractivity contribution in [3.63, 3.8) is 0 Å². The third-order valence-electron chi connectivity index (χ3n) is 2.76. The van der Waals surface area contributed by atoms with Gasteiger partial charge >= 0.3 is 0 Å². The van der Waals surface area contributed by atoms with E-state index in [1.165, 1.54) is 6.26 Å². The van der Waals surface area contributed by atoms with Gasteiger partial charge in [0.05, 0.1) is 11.3 Å². The van der Waals surface area contributed by atoms with E-state index in [9.17, 15) is 8.42 Å². The normalized spacial score (nSPS) is 11.4. The fraction of sp³-hybridized carbons (Fsp3) is 0.231. The minimum Gasteiger partial charge on any atom is -0.389 e. The first kappa shape index (κ1) is 14.7. The van der Waals surface area contributed by atoms with Gasteiger partial charge in [0.25, 0.3) is 0 Å². The van der Waals surface area contributed by atoms with Gasteiger partial charge in [-0.15, -0.1) is 0 Å². The molecule has 20 heavy (non-hydrogen) atoms. The number of para-hydroxylation sites is 1. The van der Waals surface area contributed by atoms with Gasteiger partial charge in [-0.25, -0.2) is 13.4 Å². The minimum absolute atomic E-state index is 0.0455. The Labute approximate surface area is 123 Å². The van der Waals surface area contributed by atoms with Crippen LogP contribution in [0.4, 0.5) is 5.82 Å². The molecule has 0 saturated heterocycles. The summed E-state index contributed by atoms with van der Waals surface area (Å²) in [4.78, 5) is 4.70. The fourth-order valence-electron chi connectivity index (χ4n) is 1.83. The van der Waals surface area contributed by atoms with Crippen LogP contribution >= 0.6 is 12.2 Å². The zero-order chi connectivity index (χ0) is 14.8. The molecule has 2 rings (SSSR count). The Bertz CT molecular complexity index is 757. The van der Waals surface area contributed by atoms with Crippen LogP contribution in [0.2, 0.25) is 0 Å². The number of pyridine rings is 1. The summed E-state index contributed by atoms with van der Waals surface area (Å²) in [5.41, 5.74) is 7.22. The van der Waals surface area contributed by atoms with Crippen molar-refractivity contribution in [2.75, 3.05) is 23.9 Å². The summed E-state index contributed by atoms with van der Waals surface area (Å²) in [6, 6.07) is 9.27. The van der Waals surface area contributed by atoms with Gasteiger partial charge in [0.2, 0.25) is 0 Å². The van der Waals surface area contributed by atoms with Gasteiger partial charge in [0.1, 0.15) is 20.6 Å². The van der Waals surface area contributed by atoms with Gasteiger partial charge in [-0.1, -0.05) is 30.4 Å². The lowest BCUT2D eigenvalue weighted by Crippen LogP contribution is -2.16. The third kappa shape index (κ3) is 3.64. The molecule has 0 aliphatic carbocycles. The van der Waals surface area contributed by atoms with E-state index >= 15 is 0 Å². The van der Waals surface area contributed by atoms with Gasteiger partial charge in [-0.3, -0.25) is 0 Å². The van der Waals surface area contributed by atoms with Crippen molar-refractivity contribution < 1.29 is 8.42 Å². The number of benzene rings is 1. The van der Waals surface area contributed by atoms with E-state index in [0.29, 0.717) is 12.4 Å². The maximum atomic E-state index is 11.1. The van der Waals surface area contributed by atoms with Gasteiger partial charge in [0.15, 0.2) is 0 Å². The highest BCUT2D eigenvalue weighted by molar-refractivity contribution is 7.90. The Morgan fingerprint density at radius 1 is 1.40 bits per heavy atom. The molecule has 3 N–H and O–H groups in total. The van der Waals surface area contributed by atoms with Crippen molar-refractivity contribution >= 4 is 43.8 Å². The van der Waals surface area contributed by atoms with Gasteiger partial charge in [-0.05, 0) is 12.1 Å². The van der Waals surface area contributed by atoms with Gasteiger partial charge in [-0.2, -0.15) is 0 Å². The Balaban J connectivity index is 2.33. The lowest BCUT2D eigenvalue weighted by Gasteiger charge is -2.10. The number of hydrogen-bond donors (Lipinski definition) is 2. The lowest BCUT2D eigenvalue weighted by molar-refractivity contribution is 0.602. The molecule has 5 nitrogen and oxygen atoms in total. The fourth-order valence-corrected chi connectivity index (χ4v) is 2.48. The number of fused-ring (bicyclic) bond motifs is 1. The van der Waals surface area contributed by atoms with Crippen LogP contribution in [0.25, 0.3) is 10.9 Å². The highest BCUT2D eigenvalue weighted by atomic mass is 32.2. The third-order valence-corrected chi connectivity index (χ3v) is 3.93. The van der Waals surface area contributed by atoms with E-state index < -0.39 is 9.84 Å². The van der Waals surface area contributed by atoms with E-state index in [-0.39, 0.29) is 10.7 Å². The molecule has 106 valence electrons. The zero-order valence-electron chi connectivity index (χ0n) is 11.0. The number of nitrogens with one attached hydrogen (secondary N) is 1. The van der Waals surface area contributed by atoms with Crippen molar-refractivity contribution in [1.29, 1.82) is 0 Å². The monoisotopic (exact) mass is 309 g/mol. The van der Waals surface area contributed by atoms with Crippen molar-refractivity contribution in [2.45, 2.75) is 0 Å². The maximum Gasteiger partial charge on any atom is 0.149 e.